The van der Waals surface area contributed by atoms with Crippen molar-refractivity contribution >= 4 is 11.9 Å². The average Bonchev–Trinajstić information content (AvgIpc) is 2.84. The SMILES string of the molecule is [CH2]C1CCC([CH2])(OOC(=O)c2cccc(OCC)c2)C(OOC(=O)c2cccc(OCC)c2)C1. The molecule has 1 aliphatic carbocycles. The molecule has 1 saturated carbocycles. The third kappa shape index (κ3) is 6.71. The van der Waals surface area contributed by atoms with Gasteiger partial charge in [0.05, 0.1) is 24.3 Å². The van der Waals surface area contributed by atoms with Crippen LogP contribution in [0.1, 0.15) is 53.8 Å². The highest BCUT2D eigenvalue weighted by Gasteiger charge is 2.45. The van der Waals surface area contributed by atoms with Crippen LogP contribution in [0.2, 0.25) is 0 Å². The van der Waals surface area contributed by atoms with Gasteiger partial charge in [-0.1, -0.05) is 19.1 Å². The van der Waals surface area contributed by atoms with Crippen molar-refractivity contribution in [1.82, 2.24) is 0 Å². The molecule has 2 radical (unpaired) electrons. The number of ether oxygens (including phenoxy) is 2. The molecule has 1 aliphatic rings. The molecule has 3 unspecified atom stereocenters. The van der Waals surface area contributed by atoms with E-state index < -0.39 is 23.6 Å². The molecule has 3 atom stereocenters. The van der Waals surface area contributed by atoms with Crippen LogP contribution in [0.4, 0.5) is 0 Å². The smallest absolute Gasteiger partial charge is 0.373 e. The van der Waals surface area contributed by atoms with Crippen LogP contribution in [0.25, 0.3) is 0 Å². The van der Waals surface area contributed by atoms with E-state index in [2.05, 4.69) is 13.8 Å². The monoisotopic (exact) mass is 470 g/mol. The fraction of sp³-hybridized carbons (Fsp3) is 0.385. The number of carbonyl (C=O) groups excluding carboxylic acids is 2. The Morgan fingerprint density at radius 2 is 1.50 bits per heavy atom. The summed E-state index contributed by atoms with van der Waals surface area (Å²) in [7, 11) is 0. The van der Waals surface area contributed by atoms with Crippen LogP contribution < -0.4 is 9.47 Å². The van der Waals surface area contributed by atoms with Crippen LogP contribution in [0, 0.1) is 19.8 Å². The van der Waals surface area contributed by atoms with Crippen molar-refractivity contribution in [3.8, 4) is 11.5 Å². The van der Waals surface area contributed by atoms with Gasteiger partial charge < -0.3 is 9.47 Å². The van der Waals surface area contributed by atoms with Crippen LogP contribution >= 0.6 is 0 Å². The fourth-order valence-corrected chi connectivity index (χ4v) is 3.54. The molecule has 0 N–H and O–H groups in total. The number of benzene rings is 2. The lowest BCUT2D eigenvalue weighted by Crippen LogP contribution is -2.48. The Morgan fingerprint density at radius 1 is 0.941 bits per heavy atom. The van der Waals surface area contributed by atoms with E-state index in [-0.39, 0.29) is 17.0 Å². The van der Waals surface area contributed by atoms with Crippen molar-refractivity contribution in [1.29, 1.82) is 0 Å². The zero-order valence-corrected chi connectivity index (χ0v) is 19.5. The third-order valence-corrected chi connectivity index (χ3v) is 5.39. The summed E-state index contributed by atoms with van der Waals surface area (Å²) < 4.78 is 10.8. The van der Waals surface area contributed by atoms with E-state index in [1.54, 1.807) is 48.5 Å². The van der Waals surface area contributed by atoms with E-state index in [1.807, 2.05) is 13.8 Å². The van der Waals surface area contributed by atoms with Gasteiger partial charge in [0.15, 0.2) is 0 Å². The van der Waals surface area contributed by atoms with E-state index in [0.717, 1.165) is 0 Å². The first-order valence-electron chi connectivity index (χ1n) is 11.3. The molecule has 3 rings (SSSR count). The minimum Gasteiger partial charge on any atom is -0.494 e. The lowest BCUT2D eigenvalue weighted by atomic mass is 9.78. The molecule has 34 heavy (non-hydrogen) atoms. The Morgan fingerprint density at radius 3 is 2.06 bits per heavy atom. The molecule has 0 heterocycles. The first-order chi connectivity index (χ1) is 16.3. The van der Waals surface area contributed by atoms with E-state index in [0.29, 0.717) is 44.0 Å². The molecule has 0 amide bonds. The van der Waals surface area contributed by atoms with Gasteiger partial charge in [0.2, 0.25) is 0 Å². The first-order valence-corrected chi connectivity index (χ1v) is 11.3. The molecule has 8 nitrogen and oxygen atoms in total. The molecule has 8 heteroatoms. The van der Waals surface area contributed by atoms with Crippen LogP contribution in [-0.2, 0) is 19.6 Å². The van der Waals surface area contributed by atoms with Crippen molar-refractivity contribution in [3.63, 3.8) is 0 Å². The number of hydrogen-bond donors (Lipinski definition) is 0. The maximum atomic E-state index is 12.5. The van der Waals surface area contributed by atoms with Gasteiger partial charge in [0, 0.05) is 0 Å². The Bertz CT molecular complexity index is 975. The lowest BCUT2D eigenvalue weighted by molar-refractivity contribution is -0.380. The summed E-state index contributed by atoms with van der Waals surface area (Å²) in [4.78, 5) is 46.1. The summed E-state index contributed by atoms with van der Waals surface area (Å²) in [6, 6.07) is 13.1. The highest BCUT2D eigenvalue weighted by Crippen LogP contribution is 2.37. The summed E-state index contributed by atoms with van der Waals surface area (Å²) >= 11 is 0. The largest absolute Gasteiger partial charge is 0.494 e. The number of carbonyl (C=O) groups is 2. The molecule has 182 valence electrons. The second-order valence-electron chi connectivity index (χ2n) is 8.04. The van der Waals surface area contributed by atoms with Crippen molar-refractivity contribution in [2.75, 3.05) is 13.2 Å². The molecule has 1 fully saturated rings. The Labute approximate surface area is 199 Å². The Hall–Kier alpha value is -3.10. The Kier molecular flexibility index (Phi) is 8.90. The van der Waals surface area contributed by atoms with Gasteiger partial charge >= 0.3 is 11.9 Å². The number of rotatable bonds is 10. The van der Waals surface area contributed by atoms with Gasteiger partial charge in [-0.25, -0.2) is 9.59 Å². The normalized spacial score (nSPS) is 22.0. The van der Waals surface area contributed by atoms with Crippen molar-refractivity contribution in [2.45, 2.75) is 44.8 Å². The minimum atomic E-state index is -1.28. The quantitative estimate of drug-likeness (QED) is 0.356. The first kappa shape index (κ1) is 25.5. The molecule has 2 aromatic rings. The van der Waals surface area contributed by atoms with Gasteiger partial charge in [0.1, 0.15) is 23.2 Å². The van der Waals surface area contributed by atoms with Gasteiger partial charge in [-0.3, -0.25) is 9.78 Å². The molecule has 0 aromatic heterocycles. The predicted molar refractivity (Wildman–Crippen MR) is 123 cm³/mol. The lowest BCUT2D eigenvalue weighted by Gasteiger charge is -2.39. The van der Waals surface area contributed by atoms with E-state index in [9.17, 15) is 9.59 Å². The Balaban J connectivity index is 1.62. The summed E-state index contributed by atoms with van der Waals surface area (Å²) in [5.74, 6) is -0.283. The fourth-order valence-electron chi connectivity index (χ4n) is 3.54. The maximum absolute atomic E-state index is 12.5. The number of hydrogen-bond acceptors (Lipinski definition) is 8. The molecular formula is C26H30O8. The third-order valence-electron chi connectivity index (χ3n) is 5.39. The second-order valence-corrected chi connectivity index (χ2v) is 8.04. The second kappa shape index (κ2) is 11.9. The van der Waals surface area contributed by atoms with Crippen molar-refractivity contribution in [3.05, 3.63) is 73.5 Å². The van der Waals surface area contributed by atoms with Gasteiger partial charge in [0.25, 0.3) is 0 Å². The summed E-state index contributed by atoms with van der Waals surface area (Å²) in [5.41, 5.74) is -0.753. The average molecular weight is 471 g/mol. The molecule has 2 aromatic carbocycles. The summed E-state index contributed by atoms with van der Waals surface area (Å²) in [5, 5.41) is 0. The highest BCUT2D eigenvalue weighted by molar-refractivity contribution is 5.89. The van der Waals surface area contributed by atoms with Gasteiger partial charge in [-0.05, 0) is 82.3 Å². The maximum Gasteiger partial charge on any atom is 0.373 e. The zero-order chi connectivity index (χ0) is 24.6. The van der Waals surface area contributed by atoms with Crippen LogP contribution in [0.5, 0.6) is 11.5 Å². The molecule has 0 spiro atoms. The summed E-state index contributed by atoms with van der Waals surface area (Å²) in [6.45, 7) is 12.8. The zero-order valence-electron chi connectivity index (χ0n) is 19.5. The van der Waals surface area contributed by atoms with Gasteiger partial charge in [-0.2, -0.15) is 9.78 Å². The van der Waals surface area contributed by atoms with Crippen LogP contribution in [-0.4, -0.2) is 36.9 Å². The highest BCUT2D eigenvalue weighted by atomic mass is 17.2. The molecule has 0 aliphatic heterocycles. The van der Waals surface area contributed by atoms with Crippen LogP contribution in [0.15, 0.2) is 48.5 Å². The van der Waals surface area contributed by atoms with E-state index in [1.165, 1.54) is 0 Å². The van der Waals surface area contributed by atoms with E-state index in [4.69, 9.17) is 29.0 Å². The molecule has 0 bridgehead atoms. The summed E-state index contributed by atoms with van der Waals surface area (Å²) in [6.07, 6.45) is 0.651. The van der Waals surface area contributed by atoms with Crippen molar-refractivity contribution < 1.29 is 38.6 Å². The minimum absolute atomic E-state index is 0.0297. The van der Waals surface area contributed by atoms with Crippen molar-refractivity contribution in [2.24, 2.45) is 5.92 Å². The van der Waals surface area contributed by atoms with Gasteiger partial charge in [-0.15, -0.1) is 0 Å². The standard InChI is InChI=1S/C26H30O8/c1-5-29-21-11-7-9-19(16-21)24(27)32-31-23-15-18(3)13-14-26(23,4)34-33-25(28)20-10-8-12-22(17-20)30-6-2/h7-12,16-18,23H,3-6,13-15H2,1-2H3. The van der Waals surface area contributed by atoms with E-state index >= 15 is 0 Å². The molecular weight excluding hydrogens is 440 g/mol. The van der Waals surface area contributed by atoms with Crippen LogP contribution in [0.3, 0.4) is 0 Å². The topological polar surface area (TPSA) is 89.5 Å². The molecule has 0 saturated heterocycles. The predicted octanol–water partition coefficient (Wildman–Crippen LogP) is 4.94.